The summed E-state index contributed by atoms with van der Waals surface area (Å²) in [5.74, 6) is 1.30. The topological polar surface area (TPSA) is 82.8 Å². The molecule has 0 aliphatic rings. The molecular formula is C19H27N5O2. The van der Waals surface area contributed by atoms with E-state index in [-0.39, 0.29) is 18.5 Å². The minimum atomic E-state index is -0.0239. The number of likely N-dealkylation sites (N-methyl/N-ethyl adjacent to an activating group) is 1. The van der Waals surface area contributed by atoms with Gasteiger partial charge in [0.2, 0.25) is 5.91 Å². The first kappa shape index (κ1) is 19.5. The second-order valence-corrected chi connectivity index (χ2v) is 6.39. The van der Waals surface area contributed by atoms with Crippen molar-refractivity contribution in [3.05, 3.63) is 52.9 Å². The van der Waals surface area contributed by atoms with Gasteiger partial charge in [0.1, 0.15) is 5.76 Å². The van der Waals surface area contributed by atoms with Crippen molar-refractivity contribution in [3.63, 3.8) is 0 Å². The van der Waals surface area contributed by atoms with Gasteiger partial charge in [-0.05, 0) is 26.3 Å². The molecule has 0 fully saturated rings. The van der Waals surface area contributed by atoms with Crippen molar-refractivity contribution in [1.29, 1.82) is 0 Å². The van der Waals surface area contributed by atoms with Crippen molar-refractivity contribution in [2.75, 3.05) is 20.6 Å². The molecule has 0 bridgehead atoms. The van der Waals surface area contributed by atoms with Crippen LogP contribution in [0.25, 0.3) is 0 Å². The maximum Gasteiger partial charge on any atom is 0.241 e. The molecule has 1 aromatic carbocycles. The third-order valence-electron chi connectivity index (χ3n) is 4.14. The monoisotopic (exact) mass is 357 g/mol. The number of nitrogens with one attached hydrogen (secondary N) is 2. The number of aliphatic imine (C=N–C) groups is 1. The Morgan fingerprint density at radius 2 is 1.96 bits per heavy atom. The lowest BCUT2D eigenvalue weighted by Gasteiger charge is -2.19. The summed E-state index contributed by atoms with van der Waals surface area (Å²) in [5, 5.41) is 10.4. The summed E-state index contributed by atoms with van der Waals surface area (Å²) in [6.45, 7) is 6.41. The molecule has 2 N–H and O–H groups in total. The Morgan fingerprint density at radius 1 is 1.27 bits per heavy atom. The Hall–Kier alpha value is -2.83. The molecule has 0 aliphatic carbocycles. The first-order valence-corrected chi connectivity index (χ1v) is 8.60. The van der Waals surface area contributed by atoms with Crippen molar-refractivity contribution >= 4 is 11.9 Å². The fourth-order valence-corrected chi connectivity index (χ4v) is 2.39. The zero-order valence-electron chi connectivity index (χ0n) is 16.0. The third kappa shape index (κ3) is 5.34. The molecule has 26 heavy (non-hydrogen) atoms. The van der Waals surface area contributed by atoms with E-state index in [0.717, 1.165) is 22.6 Å². The van der Waals surface area contributed by atoms with Crippen LogP contribution in [-0.2, 0) is 11.3 Å². The summed E-state index contributed by atoms with van der Waals surface area (Å²) >= 11 is 0. The van der Waals surface area contributed by atoms with E-state index in [0.29, 0.717) is 12.5 Å². The van der Waals surface area contributed by atoms with Gasteiger partial charge >= 0.3 is 0 Å². The van der Waals surface area contributed by atoms with Crippen LogP contribution in [0, 0.1) is 13.8 Å². The van der Waals surface area contributed by atoms with Gasteiger partial charge in [-0.1, -0.05) is 35.5 Å². The lowest BCUT2D eigenvalue weighted by Crippen LogP contribution is -2.43. The van der Waals surface area contributed by atoms with Crippen molar-refractivity contribution in [1.82, 2.24) is 20.7 Å². The zero-order valence-corrected chi connectivity index (χ0v) is 16.0. The molecule has 2 rings (SSSR count). The van der Waals surface area contributed by atoms with Crippen LogP contribution in [0.2, 0.25) is 0 Å². The Labute approximate surface area is 154 Å². The maximum atomic E-state index is 11.9. The molecule has 0 spiro atoms. The van der Waals surface area contributed by atoms with E-state index in [4.69, 9.17) is 4.52 Å². The number of carbonyl (C=O) groups excluding carboxylic acids is 1. The number of guanidine groups is 1. The summed E-state index contributed by atoms with van der Waals surface area (Å²) < 4.78 is 5.19. The van der Waals surface area contributed by atoms with Crippen LogP contribution >= 0.6 is 0 Å². The Balaban J connectivity index is 2.12. The molecule has 2 aromatic rings. The predicted molar refractivity (Wildman–Crippen MR) is 102 cm³/mol. The minimum Gasteiger partial charge on any atom is -0.361 e. The standard InChI is InChI=1S/C19H27N5O2/c1-13(16-9-7-6-8-10-16)22-19(21-12-18(25)24(4)5)20-11-17-14(2)23-26-15(17)3/h6-10,13H,11-12H2,1-5H3,(H2,20,21,22). The lowest BCUT2D eigenvalue weighted by atomic mass is 10.1. The van der Waals surface area contributed by atoms with Crippen LogP contribution in [0.3, 0.4) is 0 Å². The normalized spacial score (nSPS) is 12.6. The highest BCUT2D eigenvalue weighted by Crippen LogP contribution is 2.14. The van der Waals surface area contributed by atoms with E-state index in [1.165, 1.54) is 0 Å². The van der Waals surface area contributed by atoms with Crippen molar-refractivity contribution in [2.45, 2.75) is 33.4 Å². The molecule has 0 saturated carbocycles. The Kier molecular flexibility index (Phi) is 6.77. The highest BCUT2D eigenvalue weighted by molar-refractivity contribution is 5.86. The van der Waals surface area contributed by atoms with Gasteiger partial charge in [-0.25, -0.2) is 4.99 Å². The van der Waals surface area contributed by atoms with Crippen LogP contribution in [0.4, 0.5) is 0 Å². The number of hydrogen-bond acceptors (Lipinski definition) is 4. The van der Waals surface area contributed by atoms with Crippen molar-refractivity contribution < 1.29 is 9.32 Å². The molecular weight excluding hydrogens is 330 g/mol. The Morgan fingerprint density at radius 3 is 2.54 bits per heavy atom. The fourth-order valence-electron chi connectivity index (χ4n) is 2.39. The van der Waals surface area contributed by atoms with E-state index in [1.807, 2.05) is 32.0 Å². The van der Waals surface area contributed by atoms with E-state index in [2.05, 4.69) is 39.8 Å². The number of aryl methyl sites for hydroxylation is 2. The molecule has 7 heteroatoms. The SMILES string of the molecule is Cc1noc(C)c1CN=C(NCC(=O)N(C)C)NC(C)c1ccccc1. The number of aromatic nitrogens is 1. The molecule has 140 valence electrons. The highest BCUT2D eigenvalue weighted by atomic mass is 16.5. The number of amides is 1. The van der Waals surface area contributed by atoms with Crippen LogP contribution in [0.5, 0.6) is 0 Å². The van der Waals surface area contributed by atoms with Crippen molar-refractivity contribution in [2.24, 2.45) is 4.99 Å². The van der Waals surface area contributed by atoms with Gasteiger partial charge in [0, 0.05) is 19.7 Å². The largest absolute Gasteiger partial charge is 0.361 e. The summed E-state index contributed by atoms with van der Waals surface area (Å²) in [5.41, 5.74) is 2.92. The smallest absolute Gasteiger partial charge is 0.241 e. The van der Waals surface area contributed by atoms with Crippen LogP contribution in [-0.4, -0.2) is 42.6 Å². The average molecular weight is 357 g/mol. The summed E-state index contributed by atoms with van der Waals surface area (Å²) in [6.07, 6.45) is 0. The third-order valence-corrected chi connectivity index (χ3v) is 4.14. The molecule has 0 aliphatic heterocycles. The zero-order chi connectivity index (χ0) is 19.1. The van der Waals surface area contributed by atoms with Gasteiger partial charge in [-0.3, -0.25) is 4.79 Å². The summed E-state index contributed by atoms with van der Waals surface area (Å²) in [6, 6.07) is 10.1. The van der Waals surface area contributed by atoms with Crippen LogP contribution < -0.4 is 10.6 Å². The van der Waals surface area contributed by atoms with Crippen molar-refractivity contribution in [3.8, 4) is 0 Å². The molecule has 0 radical (unpaired) electrons. The van der Waals surface area contributed by atoms with Crippen LogP contribution in [0.1, 0.15) is 35.5 Å². The number of rotatable bonds is 6. The predicted octanol–water partition coefficient (Wildman–Crippen LogP) is 2.18. The van der Waals surface area contributed by atoms with Gasteiger partial charge in [-0.2, -0.15) is 0 Å². The maximum absolute atomic E-state index is 11.9. The molecule has 1 atom stereocenters. The number of benzene rings is 1. The molecule has 1 unspecified atom stereocenters. The van der Waals surface area contributed by atoms with E-state index < -0.39 is 0 Å². The average Bonchev–Trinajstić information content (AvgIpc) is 2.95. The molecule has 1 aromatic heterocycles. The minimum absolute atomic E-state index is 0.0239. The number of hydrogen-bond donors (Lipinski definition) is 2. The molecule has 7 nitrogen and oxygen atoms in total. The quantitative estimate of drug-likeness (QED) is 0.612. The highest BCUT2D eigenvalue weighted by Gasteiger charge is 2.12. The van der Waals surface area contributed by atoms with E-state index >= 15 is 0 Å². The molecule has 1 heterocycles. The van der Waals surface area contributed by atoms with Gasteiger partial charge in [-0.15, -0.1) is 0 Å². The summed E-state index contributed by atoms with van der Waals surface area (Å²) in [4.78, 5) is 18.0. The first-order chi connectivity index (χ1) is 12.4. The van der Waals surface area contributed by atoms with Gasteiger partial charge in [0.25, 0.3) is 0 Å². The number of carbonyl (C=O) groups is 1. The molecule has 1 amide bonds. The fraction of sp³-hybridized carbons (Fsp3) is 0.421. The van der Waals surface area contributed by atoms with Gasteiger partial charge in [0.15, 0.2) is 5.96 Å². The van der Waals surface area contributed by atoms with Gasteiger partial charge in [0.05, 0.1) is 24.8 Å². The van der Waals surface area contributed by atoms with Crippen LogP contribution in [0.15, 0.2) is 39.8 Å². The van der Waals surface area contributed by atoms with E-state index in [9.17, 15) is 4.79 Å². The van der Waals surface area contributed by atoms with E-state index in [1.54, 1.807) is 19.0 Å². The number of nitrogens with zero attached hydrogens (tertiary/aromatic N) is 3. The van der Waals surface area contributed by atoms with Gasteiger partial charge < -0.3 is 20.1 Å². The first-order valence-electron chi connectivity index (χ1n) is 8.60. The second kappa shape index (κ2) is 9.03. The lowest BCUT2D eigenvalue weighted by molar-refractivity contribution is -0.127. The Bertz CT molecular complexity index is 733. The molecule has 0 saturated heterocycles. The summed E-state index contributed by atoms with van der Waals surface area (Å²) in [7, 11) is 3.45. The second-order valence-electron chi connectivity index (χ2n) is 6.39.